The average molecular weight is 537 g/mol. The molecule has 0 saturated heterocycles. The van der Waals surface area contributed by atoms with Crippen molar-refractivity contribution in [2.75, 3.05) is 24.5 Å². The largest absolute Gasteiger partial charge is 0.370 e. The van der Waals surface area contributed by atoms with E-state index in [1.54, 1.807) is 43.3 Å². The third kappa shape index (κ3) is 5.06. The second-order valence-corrected chi connectivity index (χ2v) is 8.77. The Labute approximate surface area is 221 Å². The van der Waals surface area contributed by atoms with Gasteiger partial charge in [-0.05, 0) is 49.7 Å². The highest BCUT2D eigenvalue weighted by Gasteiger charge is 2.35. The summed E-state index contributed by atoms with van der Waals surface area (Å²) >= 11 is 6.03. The number of non-ortho nitro benzene ring substituents is 1. The molecule has 0 atom stereocenters. The van der Waals surface area contributed by atoms with Crippen LogP contribution >= 0.6 is 11.6 Å². The molecule has 13 heteroatoms. The number of imide groups is 1. The standard InChI is InChI=1S/C25H21ClN6O6/c1-3-29(10-11-30-24(33)18-6-4-5-7-19(18)25(30)34)16-8-9-21(15(2)12-16)27-28-23-20(26)13-17(31(35)36)14-22(23)32(37)38/h4-9,12-14H,3,10-11H2,1-2H3/b28-27+. The molecule has 1 aliphatic heterocycles. The minimum absolute atomic E-state index is 0.211. The first-order chi connectivity index (χ1) is 18.1. The first-order valence-corrected chi connectivity index (χ1v) is 11.8. The van der Waals surface area contributed by atoms with E-state index in [1.807, 2.05) is 17.9 Å². The van der Waals surface area contributed by atoms with Gasteiger partial charge in [-0.25, -0.2) is 0 Å². The van der Waals surface area contributed by atoms with Gasteiger partial charge in [-0.2, -0.15) is 0 Å². The van der Waals surface area contributed by atoms with E-state index in [4.69, 9.17) is 11.6 Å². The highest BCUT2D eigenvalue weighted by molar-refractivity contribution is 6.33. The predicted octanol–water partition coefficient (Wildman–Crippen LogP) is 6.00. The van der Waals surface area contributed by atoms with E-state index in [2.05, 4.69) is 10.2 Å². The average Bonchev–Trinajstić information content (AvgIpc) is 3.13. The van der Waals surface area contributed by atoms with E-state index in [1.165, 1.54) is 4.90 Å². The smallest absolute Gasteiger partial charge is 0.305 e. The Morgan fingerprint density at radius 3 is 2.16 bits per heavy atom. The lowest BCUT2D eigenvalue weighted by Crippen LogP contribution is -2.38. The van der Waals surface area contributed by atoms with Crippen LogP contribution in [0.25, 0.3) is 0 Å². The third-order valence-electron chi connectivity index (χ3n) is 6.09. The Balaban J connectivity index is 1.51. The molecule has 0 unspecified atom stereocenters. The van der Waals surface area contributed by atoms with Crippen molar-refractivity contribution >= 4 is 51.9 Å². The van der Waals surface area contributed by atoms with Crippen molar-refractivity contribution < 1.29 is 19.4 Å². The van der Waals surface area contributed by atoms with E-state index < -0.39 is 21.2 Å². The number of anilines is 1. The van der Waals surface area contributed by atoms with Crippen LogP contribution in [0.2, 0.25) is 5.02 Å². The summed E-state index contributed by atoms with van der Waals surface area (Å²) in [5.74, 6) is -0.625. The number of hydrogen-bond donors (Lipinski definition) is 0. The first kappa shape index (κ1) is 26.4. The van der Waals surface area contributed by atoms with E-state index in [-0.39, 0.29) is 29.1 Å². The van der Waals surface area contributed by atoms with Crippen LogP contribution in [-0.2, 0) is 0 Å². The molecule has 3 aromatic carbocycles. The Hall–Kier alpha value is -4.71. The van der Waals surface area contributed by atoms with Crippen LogP contribution in [0.3, 0.4) is 0 Å². The van der Waals surface area contributed by atoms with E-state index in [0.29, 0.717) is 35.5 Å². The third-order valence-corrected chi connectivity index (χ3v) is 6.38. The summed E-state index contributed by atoms with van der Waals surface area (Å²) < 4.78 is 0. The zero-order valence-corrected chi connectivity index (χ0v) is 21.1. The van der Waals surface area contributed by atoms with Gasteiger partial charge in [0.05, 0.1) is 37.7 Å². The molecule has 0 saturated carbocycles. The summed E-state index contributed by atoms with van der Waals surface area (Å²) in [7, 11) is 0. The summed E-state index contributed by atoms with van der Waals surface area (Å²) in [5.41, 5.74) is 1.29. The summed E-state index contributed by atoms with van der Waals surface area (Å²) in [5, 5.41) is 30.1. The Kier molecular flexibility index (Phi) is 7.44. The molecule has 1 heterocycles. The van der Waals surface area contributed by atoms with Crippen molar-refractivity contribution in [2.24, 2.45) is 10.2 Å². The topological polar surface area (TPSA) is 152 Å². The quantitative estimate of drug-likeness (QED) is 0.141. The van der Waals surface area contributed by atoms with Crippen LogP contribution in [0.5, 0.6) is 0 Å². The van der Waals surface area contributed by atoms with Crippen LogP contribution in [0.1, 0.15) is 33.2 Å². The molecule has 0 fully saturated rings. The highest BCUT2D eigenvalue weighted by Crippen LogP contribution is 2.40. The number of likely N-dealkylation sites (N-methyl/N-ethyl adjacent to an activating group) is 1. The van der Waals surface area contributed by atoms with Crippen LogP contribution in [-0.4, -0.2) is 46.2 Å². The molecule has 0 radical (unpaired) electrons. The Morgan fingerprint density at radius 1 is 0.947 bits per heavy atom. The Morgan fingerprint density at radius 2 is 1.61 bits per heavy atom. The molecule has 194 valence electrons. The maximum atomic E-state index is 12.7. The number of rotatable bonds is 9. The van der Waals surface area contributed by atoms with Gasteiger partial charge < -0.3 is 4.90 Å². The number of halogens is 1. The van der Waals surface area contributed by atoms with Gasteiger partial charge in [-0.15, -0.1) is 10.2 Å². The van der Waals surface area contributed by atoms with Crippen LogP contribution in [0.4, 0.5) is 28.4 Å². The lowest BCUT2D eigenvalue weighted by molar-refractivity contribution is -0.393. The molecule has 38 heavy (non-hydrogen) atoms. The molecule has 0 bridgehead atoms. The maximum absolute atomic E-state index is 12.7. The molecule has 1 aliphatic rings. The summed E-state index contributed by atoms with van der Waals surface area (Å²) in [6.45, 7) is 4.95. The molecule has 0 spiro atoms. The molecule has 4 rings (SSSR count). The number of carbonyl (C=O) groups is 2. The normalized spacial score (nSPS) is 12.8. The number of benzene rings is 3. The summed E-state index contributed by atoms with van der Waals surface area (Å²) in [6.07, 6.45) is 0. The van der Waals surface area contributed by atoms with Crippen molar-refractivity contribution in [3.63, 3.8) is 0 Å². The van der Waals surface area contributed by atoms with Gasteiger partial charge in [0.1, 0.15) is 0 Å². The maximum Gasteiger partial charge on any atom is 0.305 e. The van der Waals surface area contributed by atoms with Gasteiger partial charge in [-0.3, -0.25) is 34.7 Å². The van der Waals surface area contributed by atoms with Crippen molar-refractivity contribution in [1.29, 1.82) is 0 Å². The lowest BCUT2D eigenvalue weighted by Gasteiger charge is -2.26. The number of nitro groups is 2. The second kappa shape index (κ2) is 10.7. The van der Waals surface area contributed by atoms with Crippen molar-refractivity contribution in [3.8, 4) is 0 Å². The molecule has 3 aromatic rings. The van der Waals surface area contributed by atoms with E-state index >= 15 is 0 Å². The molecule has 0 aliphatic carbocycles. The second-order valence-electron chi connectivity index (χ2n) is 8.37. The molecule has 0 aromatic heterocycles. The molecule has 0 N–H and O–H groups in total. The summed E-state index contributed by atoms with van der Waals surface area (Å²) in [4.78, 5) is 49.4. The molecule has 2 amide bonds. The minimum atomic E-state index is -0.809. The zero-order chi connectivity index (χ0) is 27.6. The number of fused-ring (bicyclic) bond motifs is 1. The minimum Gasteiger partial charge on any atom is -0.370 e. The van der Waals surface area contributed by atoms with Gasteiger partial charge in [0.15, 0.2) is 5.69 Å². The van der Waals surface area contributed by atoms with E-state index in [0.717, 1.165) is 17.8 Å². The van der Waals surface area contributed by atoms with Crippen molar-refractivity contribution in [3.05, 3.63) is 96.5 Å². The van der Waals surface area contributed by atoms with Crippen molar-refractivity contribution in [2.45, 2.75) is 13.8 Å². The lowest BCUT2D eigenvalue weighted by atomic mass is 10.1. The highest BCUT2D eigenvalue weighted by atomic mass is 35.5. The monoisotopic (exact) mass is 536 g/mol. The molecular weight excluding hydrogens is 516 g/mol. The molecular formula is C25H21ClN6O6. The summed E-state index contributed by atoms with van der Waals surface area (Å²) in [6, 6.07) is 13.8. The Bertz CT molecular complexity index is 1470. The van der Waals surface area contributed by atoms with E-state index in [9.17, 15) is 29.8 Å². The number of carbonyl (C=O) groups excluding carboxylic acids is 2. The number of hydrogen-bond acceptors (Lipinski definition) is 9. The van der Waals surface area contributed by atoms with Crippen LogP contribution in [0.15, 0.2) is 64.8 Å². The predicted molar refractivity (Wildman–Crippen MR) is 140 cm³/mol. The van der Waals surface area contributed by atoms with Gasteiger partial charge in [0.25, 0.3) is 17.5 Å². The fraction of sp³-hybridized carbons (Fsp3) is 0.200. The van der Waals surface area contributed by atoms with Crippen LogP contribution < -0.4 is 4.90 Å². The molecule has 12 nitrogen and oxygen atoms in total. The van der Waals surface area contributed by atoms with Crippen LogP contribution in [0, 0.1) is 27.2 Å². The zero-order valence-electron chi connectivity index (χ0n) is 20.3. The van der Waals surface area contributed by atoms with Gasteiger partial charge in [-0.1, -0.05) is 23.7 Å². The fourth-order valence-electron chi connectivity index (χ4n) is 4.10. The fourth-order valence-corrected chi connectivity index (χ4v) is 4.35. The van der Waals surface area contributed by atoms with Gasteiger partial charge in [0, 0.05) is 31.4 Å². The van der Waals surface area contributed by atoms with Gasteiger partial charge in [0.2, 0.25) is 0 Å². The van der Waals surface area contributed by atoms with Gasteiger partial charge >= 0.3 is 5.69 Å². The SMILES string of the molecule is CCN(CCN1C(=O)c2ccccc2C1=O)c1ccc(/N=N/c2c(Cl)cc([N+](=O)[O-])cc2[N+](=O)[O-])c(C)c1. The number of aryl methyl sites for hydroxylation is 1. The number of nitro benzene ring substituents is 2. The first-order valence-electron chi connectivity index (χ1n) is 11.5. The number of azo groups is 1. The number of nitrogens with zero attached hydrogens (tertiary/aromatic N) is 6. The van der Waals surface area contributed by atoms with Crippen molar-refractivity contribution in [1.82, 2.24) is 4.90 Å². The number of amides is 2.